The van der Waals surface area contributed by atoms with Gasteiger partial charge in [0.05, 0.1) is 29.8 Å². The number of ether oxygens (including phenoxy) is 1. The van der Waals surface area contributed by atoms with Crippen molar-refractivity contribution in [3.8, 4) is 0 Å². The zero-order valence-electron chi connectivity index (χ0n) is 14.8. The van der Waals surface area contributed by atoms with Crippen LogP contribution in [-0.4, -0.2) is 34.9 Å². The minimum atomic E-state index is -0.0535. The number of benzene rings is 1. The lowest BCUT2D eigenvalue weighted by Gasteiger charge is -2.22. The molecule has 0 aliphatic carbocycles. The number of carbonyl (C=O) groups excluding carboxylic acids is 1. The Labute approximate surface area is 171 Å². The minimum absolute atomic E-state index is 0.0535. The Morgan fingerprint density at radius 2 is 2.26 bits per heavy atom. The molecule has 3 heterocycles. The number of carbonyl (C=O) groups is 1. The van der Waals surface area contributed by atoms with E-state index < -0.39 is 0 Å². The van der Waals surface area contributed by atoms with Gasteiger partial charge in [0.25, 0.3) is 5.91 Å². The number of thiophene rings is 1. The molecule has 0 radical (unpaired) electrons. The van der Waals surface area contributed by atoms with Gasteiger partial charge in [-0.2, -0.15) is 5.10 Å². The first-order valence-electron chi connectivity index (χ1n) is 8.81. The van der Waals surface area contributed by atoms with Crippen LogP contribution in [0.25, 0.3) is 10.2 Å². The monoisotopic (exact) mass is 423 g/mol. The highest BCUT2D eigenvalue weighted by Gasteiger charge is 2.21. The van der Waals surface area contributed by atoms with E-state index in [1.165, 1.54) is 11.3 Å². The second kappa shape index (κ2) is 7.80. The lowest BCUT2D eigenvalue weighted by molar-refractivity contribution is 0.0626. The Bertz CT molecular complexity index is 992. The number of aromatic nitrogens is 2. The zero-order chi connectivity index (χ0) is 19.0. The van der Waals surface area contributed by atoms with Gasteiger partial charge in [0.2, 0.25) is 0 Å². The van der Waals surface area contributed by atoms with Crippen LogP contribution < -0.4 is 5.32 Å². The molecular weight excluding hydrogens is 405 g/mol. The van der Waals surface area contributed by atoms with Crippen LogP contribution in [0.5, 0.6) is 0 Å². The summed E-state index contributed by atoms with van der Waals surface area (Å²) in [6.45, 7) is 3.83. The molecule has 1 amide bonds. The van der Waals surface area contributed by atoms with Gasteiger partial charge in [-0.25, -0.2) is 0 Å². The summed E-state index contributed by atoms with van der Waals surface area (Å²) in [6.07, 6.45) is 1.94. The number of fused-ring (bicyclic) bond motifs is 1. The fraction of sp³-hybridized carbons (Fsp3) is 0.368. The van der Waals surface area contributed by atoms with E-state index in [0.29, 0.717) is 28.1 Å². The molecule has 0 spiro atoms. The Balaban J connectivity index is 1.58. The molecule has 4 rings (SSSR count). The van der Waals surface area contributed by atoms with Crippen molar-refractivity contribution in [3.63, 3.8) is 0 Å². The van der Waals surface area contributed by atoms with Gasteiger partial charge in [-0.05, 0) is 43.5 Å². The third-order valence-electron chi connectivity index (χ3n) is 4.66. The van der Waals surface area contributed by atoms with Gasteiger partial charge in [-0.15, -0.1) is 11.3 Å². The van der Waals surface area contributed by atoms with E-state index in [4.69, 9.17) is 27.9 Å². The molecule has 1 unspecified atom stereocenters. The molecule has 1 aliphatic heterocycles. The molecule has 1 aromatic carbocycles. The maximum absolute atomic E-state index is 12.6. The van der Waals surface area contributed by atoms with E-state index in [0.717, 1.165) is 40.9 Å². The maximum atomic E-state index is 12.6. The molecule has 27 heavy (non-hydrogen) atoms. The number of amides is 1. The van der Waals surface area contributed by atoms with Crippen molar-refractivity contribution in [2.45, 2.75) is 32.4 Å². The highest BCUT2D eigenvalue weighted by molar-refractivity contribution is 7.20. The molecule has 1 atom stereocenters. The summed E-state index contributed by atoms with van der Waals surface area (Å²) in [7, 11) is 0. The summed E-state index contributed by atoms with van der Waals surface area (Å²) in [5.41, 5.74) is 1.83. The molecule has 1 fully saturated rings. The first-order valence-corrected chi connectivity index (χ1v) is 10.4. The van der Waals surface area contributed by atoms with Crippen molar-refractivity contribution in [2.75, 3.05) is 13.2 Å². The molecule has 142 valence electrons. The predicted octanol–water partition coefficient (Wildman–Crippen LogP) is 4.67. The summed E-state index contributed by atoms with van der Waals surface area (Å²) < 4.78 is 7.33. The van der Waals surface area contributed by atoms with Gasteiger partial charge in [0, 0.05) is 22.0 Å². The molecule has 3 aromatic rings. The van der Waals surface area contributed by atoms with Crippen molar-refractivity contribution < 1.29 is 9.53 Å². The quantitative estimate of drug-likeness (QED) is 0.662. The lowest BCUT2D eigenvalue weighted by Crippen LogP contribution is -2.40. The van der Waals surface area contributed by atoms with Crippen LogP contribution >= 0.6 is 34.5 Å². The molecule has 1 aliphatic rings. The minimum Gasteiger partial charge on any atom is -0.379 e. The number of hydrogen-bond donors (Lipinski definition) is 1. The molecule has 1 N–H and O–H groups in total. The third-order valence-corrected chi connectivity index (χ3v) is 6.40. The fourth-order valence-corrected chi connectivity index (χ4v) is 4.79. The Morgan fingerprint density at radius 3 is 3.00 bits per heavy atom. The second-order valence-corrected chi connectivity index (χ2v) is 8.57. The normalized spacial score (nSPS) is 17.4. The summed E-state index contributed by atoms with van der Waals surface area (Å²) in [5.74, 6) is -0.0535. The van der Waals surface area contributed by atoms with Gasteiger partial charge < -0.3 is 10.1 Å². The molecule has 8 heteroatoms. The Morgan fingerprint density at radius 1 is 1.41 bits per heavy atom. The van der Waals surface area contributed by atoms with Gasteiger partial charge in [0.1, 0.15) is 4.83 Å². The number of nitrogens with zero attached hydrogens (tertiary/aromatic N) is 2. The van der Waals surface area contributed by atoms with Crippen LogP contribution in [0.4, 0.5) is 0 Å². The van der Waals surface area contributed by atoms with Gasteiger partial charge in [-0.1, -0.05) is 29.3 Å². The third kappa shape index (κ3) is 3.99. The summed E-state index contributed by atoms with van der Waals surface area (Å²) in [4.78, 5) is 14.3. The van der Waals surface area contributed by atoms with Crippen molar-refractivity contribution >= 4 is 50.7 Å². The molecule has 1 saturated heterocycles. The van der Waals surface area contributed by atoms with Gasteiger partial charge >= 0.3 is 0 Å². The molecule has 0 bridgehead atoms. The molecule has 2 aromatic heterocycles. The average Bonchev–Trinajstić information content (AvgIpc) is 3.20. The van der Waals surface area contributed by atoms with Crippen LogP contribution in [0.15, 0.2) is 24.3 Å². The smallest absolute Gasteiger partial charge is 0.261 e. The van der Waals surface area contributed by atoms with Crippen LogP contribution in [0.3, 0.4) is 0 Å². The molecule has 0 saturated carbocycles. The van der Waals surface area contributed by atoms with E-state index in [2.05, 4.69) is 10.4 Å². The van der Waals surface area contributed by atoms with Gasteiger partial charge in [0.15, 0.2) is 0 Å². The first-order chi connectivity index (χ1) is 13.0. The number of hydrogen-bond acceptors (Lipinski definition) is 4. The largest absolute Gasteiger partial charge is 0.379 e. The standard InChI is InChI=1S/C19H19Cl2N3O2S/c1-11-15-8-17(18(25)22-14-3-2-6-26-10-14)27-19(15)24(23-11)9-12-4-5-13(20)7-16(12)21/h4-5,7-8,14H,2-3,6,9-10H2,1H3,(H,22,25). The average molecular weight is 424 g/mol. The zero-order valence-corrected chi connectivity index (χ0v) is 17.1. The number of halogens is 2. The van der Waals surface area contributed by atoms with E-state index in [1.807, 2.05) is 29.8 Å². The van der Waals surface area contributed by atoms with E-state index >= 15 is 0 Å². The molecular formula is C19H19Cl2N3O2S. The fourth-order valence-electron chi connectivity index (χ4n) is 3.25. The van der Waals surface area contributed by atoms with E-state index in [-0.39, 0.29) is 11.9 Å². The van der Waals surface area contributed by atoms with Crippen molar-refractivity contribution in [3.05, 3.63) is 50.4 Å². The van der Waals surface area contributed by atoms with E-state index in [9.17, 15) is 4.79 Å². The van der Waals surface area contributed by atoms with E-state index in [1.54, 1.807) is 6.07 Å². The van der Waals surface area contributed by atoms with Crippen molar-refractivity contribution in [1.82, 2.24) is 15.1 Å². The Kier molecular flexibility index (Phi) is 5.41. The SMILES string of the molecule is Cc1nn(Cc2ccc(Cl)cc2Cl)c2sc(C(=O)NC3CCCOC3)cc12. The lowest BCUT2D eigenvalue weighted by atomic mass is 10.1. The topological polar surface area (TPSA) is 56.2 Å². The van der Waals surface area contributed by atoms with Crippen LogP contribution in [0, 0.1) is 6.92 Å². The van der Waals surface area contributed by atoms with Crippen molar-refractivity contribution in [1.29, 1.82) is 0 Å². The Hall–Kier alpha value is -1.60. The number of rotatable bonds is 4. The highest BCUT2D eigenvalue weighted by Crippen LogP contribution is 2.30. The summed E-state index contributed by atoms with van der Waals surface area (Å²) in [5, 5.41) is 9.89. The summed E-state index contributed by atoms with van der Waals surface area (Å²) >= 11 is 13.7. The first kappa shape index (κ1) is 18.7. The van der Waals surface area contributed by atoms with Crippen molar-refractivity contribution in [2.24, 2.45) is 0 Å². The number of nitrogens with one attached hydrogen (secondary N) is 1. The second-order valence-electron chi connectivity index (χ2n) is 6.70. The maximum Gasteiger partial charge on any atom is 0.261 e. The van der Waals surface area contributed by atoms with Gasteiger partial charge in [-0.3, -0.25) is 9.48 Å². The number of aryl methyl sites for hydroxylation is 1. The molecule has 5 nitrogen and oxygen atoms in total. The van der Waals surface area contributed by atoms with Crippen LogP contribution in [0.1, 0.15) is 33.8 Å². The van der Waals surface area contributed by atoms with Crippen LogP contribution in [0.2, 0.25) is 10.0 Å². The summed E-state index contributed by atoms with van der Waals surface area (Å²) in [6, 6.07) is 7.45. The predicted molar refractivity (Wildman–Crippen MR) is 109 cm³/mol. The highest BCUT2D eigenvalue weighted by atomic mass is 35.5. The van der Waals surface area contributed by atoms with Crippen LogP contribution in [-0.2, 0) is 11.3 Å².